The third-order valence-electron chi connectivity index (χ3n) is 3.01. The van der Waals surface area contributed by atoms with Crippen molar-refractivity contribution in [3.05, 3.63) is 18.3 Å². The van der Waals surface area contributed by atoms with Gasteiger partial charge in [-0.15, -0.1) is 0 Å². The number of nitrogens with one attached hydrogen (secondary N) is 1. The molecule has 0 aliphatic heterocycles. The highest BCUT2D eigenvalue weighted by Crippen LogP contribution is 2.24. The zero-order chi connectivity index (χ0) is 16.0. The van der Waals surface area contributed by atoms with Gasteiger partial charge < -0.3 is 5.32 Å². The SMILES string of the molecule is CCCNc1cccnc1S(=O)(=O)N(CC(C)C)C(C)C. The van der Waals surface area contributed by atoms with Crippen LogP contribution in [0.3, 0.4) is 0 Å². The first-order chi connectivity index (χ1) is 9.80. The molecule has 0 amide bonds. The minimum Gasteiger partial charge on any atom is -0.383 e. The predicted octanol–water partition coefficient (Wildman–Crippen LogP) is 2.96. The number of anilines is 1. The van der Waals surface area contributed by atoms with Gasteiger partial charge in [0.1, 0.15) is 0 Å². The summed E-state index contributed by atoms with van der Waals surface area (Å²) in [6, 6.07) is 3.42. The van der Waals surface area contributed by atoms with Crippen molar-refractivity contribution in [2.24, 2.45) is 5.92 Å². The second kappa shape index (κ2) is 7.75. The van der Waals surface area contributed by atoms with Gasteiger partial charge in [-0.05, 0) is 38.3 Å². The summed E-state index contributed by atoms with van der Waals surface area (Å²) in [7, 11) is -3.60. The number of nitrogens with zero attached hydrogens (tertiary/aromatic N) is 2. The van der Waals surface area contributed by atoms with Crippen molar-refractivity contribution < 1.29 is 8.42 Å². The Kier molecular flexibility index (Phi) is 6.61. The first kappa shape index (κ1) is 17.9. The van der Waals surface area contributed by atoms with E-state index in [0.29, 0.717) is 12.2 Å². The molecule has 0 atom stereocenters. The quantitative estimate of drug-likeness (QED) is 0.801. The van der Waals surface area contributed by atoms with Gasteiger partial charge in [0.05, 0.1) is 5.69 Å². The molecule has 0 fully saturated rings. The molecule has 21 heavy (non-hydrogen) atoms. The van der Waals surface area contributed by atoms with Crippen LogP contribution in [0.4, 0.5) is 5.69 Å². The number of aromatic nitrogens is 1. The van der Waals surface area contributed by atoms with Crippen molar-refractivity contribution >= 4 is 15.7 Å². The maximum atomic E-state index is 12.9. The van der Waals surface area contributed by atoms with Crippen LogP contribution >= 0.6 is 0 Å². The summed E-state index contributed by atoms with van der Waals surface area (Å²) in [5.41, 5.74) is 0.578. The lowest BCUT2D eigenvalue weighted by atomic mass is 10.2. The Bertz CT molecular complexity index is 542. The van der Waals surface area contributed by atoms with Crippen LogP contribution in [0.5, 0.6) is 0 Å². The number of hydrogen-bond acceptors (Lipinski definition) is 4. The highest BCUT2D eigenvalue weighted by atomic mass is 32.2. The fourth-order valence-electron chi connectivity index (χ4n) is 2.05. The monoisotopic (exact) mass is 313 g/mol. The van der Waals surface area contributed by atoms with Crippen molar-refractivity contribution in [1.82, 2.24) is 9.29 Å². The summed E-state index contributed by atoms with van der Waals surface area (Å²) in [5, 5.41) is 3.27. The molecular formula is C15H27N3O2S. The Balaban J connectivity index is 3.21. The van der Waals surface area contributed by atoms with E-state index in [9.17, 15) is 8.42 Å². The summed E-state index contributed by atoms with van der Waals surface area (Å²) < 4.78 is 27.4. The fourth-order valence-corrected chi connectivity index (χ4v) is 3.93. The number of pyridine rings is 1. The third-order valence-corrected chi connectivity index (χ3v) is 5.01. The summed E-state index contributed by atoms with van der Waals surface area (Å²) in [6.07, 6.45) is 2.45. The number of hydrogen-bond donors (Lipinski definition) is 1. The average Bonchev–Trinajstić information content (AvgIpc) is 2.42. The van der Waals surface area contributed by atoms with E-state index in [0.717, 1.165) is 13.0 Å². The van der Waals surface area contributed by atoms with Crippen molar-refractivity contribution in [3.8, 4) is 0 Å². The molecule has 0 saturated carbocycles. The lowest BCUT2D eigenvalue weighted by Gasteiger charge is -2.27. The van der Waals surface area contributed by atoms with Gasteiger partial charge in [-0.2, -0.15) is 4.31 Å². The fraction of sp³-hybridized carbons (Fsp3) is 0.667. The molecule has 0 bridgehead atoms. The van der Waals surface area contributed by atoms with E-state index in [4.69, 9.17) is 0 Å². The van der Waals surface area contributed by atoms with Crippen LogP contribution in [-0.4, -0.2) is 36.8 Å². The average molecular weight is 313 g/mol. The molecular weight excluding hydrogens is 286 g/mol. The minimum atomic E-state index is -3.60. The van der Waals surface area contributed by atoms with E-state index in [2.05, 4.69) is 10.3 Å². The molecule has 0 aliphatic carbocycles. The van der Waals surface area contributed by atoms with E-state index >= 15 is 0 Å². The maximum absolute atomic E-state index is 12.9. The Morgan fingerprint density at radius 1 is 1.29 bits per heavy atom. The van der Waals surface area contributed by atoms with Crippen molar-refractivity contribution in [2.75, 3.05) is 18.4 Å². The van der Waals surface area contributed by atoms with Gasteiger partial charge in [-0.1, -0.05) is 20.8 Å². The summed E-state index contributed by atoms with van der Waals surface area (Å²) in [4.78, 5) is 4.12. The van der Waals surface area contributed by atoms with Gasteiger partial charge >= 0.3 is 0 Å². The first-order valence-electron chi connectivity index (χ1n) is 7.51. The molecule has 0 radical (unpaired) electrons. The van der Waals surface area contributed by atoms with Crippen LogP contribution < -0.4 is 5.32 Å². The van der Waals surface area contributed by atoms with Gasteiger partial charge in [-0.25, -0.2) is 13.4 Å². The number of sulfonamides is 1. The van der Waals surface area contributed by atoms with Crippen LogP contribution in [0.15, 0.2) is 23.4 Å². The zero-order valence-electron chi connectivity index (χ0n) is 13.6. The zero-order valence-corrected chi connectivity index (χ0v) is 14.4. The van der Waals surface area contributed by atoms with E-state index in [1.807, 2.05) is 34.6 Å². The highest BCUT2D eigenvalue weighted by Gasteiger charge is 2.30. The van der Waals surface area contributed by atoms with E-state index < -0.39 is 10.0 Å². The minimum absolute atomic E-state index is 0.0987. The maximum Gasteiger partial charge on any atom is 0.262 e. The standard InChI is InChI=1S/C15H27N3O2S/c1-6-9-16-14-8-7-10-17-15(14)21(19,20)18(13(4)5)11-12(2)3/h7-8,10,12-13,16H,6,9,11H2,1-5H3. The summed E-state index contributed by atoms with van der Waals surface area (Å²) in [5.74, 6) is 0.262. The highest BCUT2D eigenvalue weighted by molar-refractivity contribution is 7.89. The molecule has 0 unspecified atom stereocenters. The number of rotatable bonds is 8. The Morgan fingerprint density at radius 2 is 1.95 bits per heavy atom. The molecule has 1 N–H and O–H groups in total. The summed E-state index contributed by atoms with van der Waals surface area (Å²) >= 11 is 0. The van der Waals surface area contributed by atoms with E-state index in [-0.39, 0.29) is 17.0 Å². The molecule has 0 aromatic carbocycles. The van der Waals surface area contributed by atoms with Gasteiger partial charge in [0, 0.05) is 25.3 Å². The first-order valence-corrected chi connectivity index (χ1v) is 8.95. The van der Waals surface area contributed by atoms with Crippen molar-refractivity contribution in [3.63, 3.8) is 0 Å². The molecule has 1 aromatic heterocycles. The normalized spacial score (nSPS) is 12.4. The Morgan fingerprint density at radius 3 is 2.48 bits per heavy atom. The van der Waals surface area contributed by atoms with Gasteiger partial charge in [-0.3, -0.25) is 0 Å². The molecule has 0 aliphatic rings. The van der Waals surface area contributed by atoms with Gasteiger partial charge in [0.25, 0.3) is 10.0 Å². The van der Waals surface area contributed by atoms with Crippen molar-refractivity contribution in [2.45, 2.75) is 52.1 Å². The third kappa shape index (κ3) is 4.68. The molecule has 0 saturated heterocycles. The molecule has 120 valence electrons. The smallest absolute Gasteiger partial charge is 0.262 e. The van der Waals surface area contributed by atoms with Crippen LogP contribution in [0.2, 0.25) is 0 Å². The topological polar surface area (TPSA) is 62.3 Å². The van der Waals surface area contributed by atoms with Crippen LogP contribution in [0.25, 0.3) is 0 Å². The van der Waals surface area contributed by atoms with Crippen molar-refractivity contribution in [1.29, 1.82) is 0 Å². The molecule has 1 rings (SSSR count). The van der Waals surface area contributed by atoms with Gasteiger partial charge in [0.15, 0.2) is 5.03 Å². The Hall–Kier alpha value is -1.14. The largest absolute Gasteiger partial charge is 0.383 e. The second-order valence-electron chi connectivity index (χ2n) is 5.85. The van der Waals surface area contributed by atoms with Crippen LogP contribution in [-0.2, 0) is 10.0 Å². The predicted molar refractivity (Wildman–Crippen MR) is 86.9 cm³/mol. The second-order valence-corrected chi connectivity index (χ2v) is 7.65. The molecule has 5 nitrogen and oxygen atoms in total. The molecule has 0 spiro atoms. The molecule has 1 aromatic rings. The van der Waals surface area contributed by atoms with E-state index in [1.54, 1.807) is 12.1 Å². The summed E-state index contributed by atoms with van der Waals surface area (Å²) in [6.45, 7) is 11.1. The molecule has 1 heterocycles. The van der Waals surface area contributed by atoms with Gasteiger partial charge in [0.2, 0.25) is 0 Å². The van der Waals surface area contributed by atoms with E-state index in [1.165, 1.54) is 10.5 Å². The lowest BCUT2D eigenvalue weighted by molar-refractivity contribution is 0.318. The lowest BCUT2D eigenvalue weighted by Crippen LogP contribution is -2.40. The van der Waals surface area contributed by atoms with Crippen LogP contribution in [0.1, 0.15) is 41.0 Å². The van der Waals surface area contributed by atoms with Crippen LogP contribution in [0, 0.1) is 5.92 Å². The molecule has 6 heteroatoms. The Labute approximate surface area is 128 Å².